The fourth-order valence-corrected chi connectivity index (χ4v) is 0.947. The second-order valence-corrected chi connectivity index (χ2v) is 3.66. The number of nitrogens with one attached hydrogen (secondary N) is 1. The van der Waals surface area contributed by atoms with E-state index in [0.29, 0.717) is 26.4 Å². The van der Waals surface area contributed by atoms with E-state index >= 15 is 0 Å². The van der Waals surface area contributed by atoms with Gasteiger partial charge in [0, 0.05) is 20.2 Å². The van der Waals surface area contributed by atoms with Gasteiger partial charge in [0.1, 0.15) is 0 Å². The first-order valence-electron chi connectivity index (χ1n) is 5.25. The van der Waals surface area contributed by atoms with Gasteiger partial charge in [0.25, 0.3) is 0 Å². The Labute approximate surface area is 92.3 Å². The molecule has 0 aromatic heterocycles. The Hall–Kier alpha value is -0.420. The Kier molecular flexibility index (Phi) is 9.83. The van der Waals surface area contributed by atoms with E-state index in [9.17, 15) is 5.11 Å². The summed E-state index contributed by atoms with van der Waals surface area (Å²) < 4.78 is 10.0. The molecule has 0 heterocycles. The standard InChI is InChI=1S/C11H23NO3/c1-10(2)4-5-12-8-11(13)9-15-7-6-14-3/h4,11-13H,5-9H2,1-3H3. The van der Waals surface area contributed by atoms with Crippen LogP contribution in [0.15, 0.2) is 11.6 Å². The highest BCUT2D eigenvalue weighted by Crippen LogP contribution is 1.87. The van der Waals surface area contributed by atoms with Crippen LogP contribution in [0.1, 0.15) is 13.8 Å². The summed E-state index contributed by atoms with van der Waals surface area (Å²) in [5.74, 6) is 0. The molecular weight excluding hydrogens is 194 g/mol. The highest BCUT2D eigenvalue weighted by molar-refractivity contribution is 4.94. The molecule has 15 heavy (non-hydrogen) atoms. The molecule has 2 N–H and O–H groups in total. The van der Waals surface area contributed by atoms with Crippen molar-refractivity contribution < 1.29 is 14.6 Å². The fraction of sp³-hybridized carbons (Fsp3) is 0.818. The number of aliphatic hydroxyl groups is 1. The van der Waals surface area contributed by atoms with Crippen molar-refractivity contribution in [3.63, 3.8) is 0 Å². The minimum Gasteiger partial charge on any atom is -0.389 e. The van der Waals surface area contributed by atoms with Gasteiger partial charge in [-0.2, -0.15) is 0 Å². The summed E-state index contributed by atoms with van der Waals surface area (Å²) in [5, 5.41) is 12.6. The lowest BCUT2D eigenvalue weighted by Gasteiger charge is -2.11. The Morgan fingerprint density at radius 2 is 2.13 bits per heavy atom. The van der Waals surface area contributed by atoms with E-state index in [0.717, 1.165) is 6.54 Å². The summed E-state index contributed by atoms with van der Waals surface area (Å²) in [6, 6.07) is 0. The zero-order chi connectivity index (χ0) is 11.5. The molecule has 0 spiro atoms. The summed E-state index contributed by atoms with van der Waals surface area (Å²) in [4.78, 5) is 0. The summed E-state index contributed by atoms with van der Waals surface area (Å²) in [6.45, 7) is 6.89. The summed E-state index contributed by atoms with van der Waals surface area (Å²) >= 11 is 0. The minimum atomic E-state index is -0.451. The van der Waals surface area contributed by atoms with E-state index in [1.807, 2.05) is 13.8 Å². The summed E-state index contributed by atoms with van der Waals surface area (Å²) in [7, 11) is 1.63. The fourth-order valence-electron chi connectivity index (χ4n) is 0.947. The van der Waals surface area contributed by atoms with Gasteiger partial charge in [-0.15, -0.1) is 0 Å². The monoisotopic (exact) mass is 217 g/mol. The second kappa shape index (κ2) is 10.1. The number of hydrogen-bond acceptors (Lipinski definition) is 4. The van der Waals surface area contributed by atoms with Crippen LogP contribution in [0.4, 0.5) is 0 Å². The van der Waals surface area contributed by atoms with Crippen LogP contribution < -0.4 is 5.32 Å². The molecule has 1 unspecified atom stereocenters. The van der Waals surface area contributed by atoms with Gasteiger partial charge < -0.3 is 19.9 Å². The van der Waals surface area contributed by atoms with Gasteiger partial charge in [-0.1, -0.05) is 11.6 Å². The molecule has 0 saturated heterocycles. The molecule has 0 amide bonds. The maximum absolute atomic E-state index is 9.46. The molecule has 0 radical (unpaired) electrons. The lowest BCUT2D eigenvalue weighted by molar-refractivity contribution is 0.0141. The molecule has 0 aromatic rings. The largest absolute Gasteiger partial charge is 0.389 e. The first kappa shape index (κ1) is 14.6. The Morgan fingerprint density at radius 1 is 1.40 bits per heavy atom. The van der Waals surface area contributed by atoms with Gasteiger partial charge >= 0.3 is 0 Å². The number of aliphatic hydroxyl groups excluding tert-OH is 1. The van der Waals surface area contributed by atoms with Crippen molar-refractivity contribution in [1.82, 2.24) is 5.32 Å². The van der Waals surface area contributed by atoms with Crippen LogP contribution in [0.2, 0.25) is 0 Å². The number of ether oxygens (including phenoxy) is 2. The number of hydrogen-bond donors (Lipinski definition) is 2. The molecule has 4 heteroatoms. The third kappa shape index (κ3) is 11.5. The van der Waals surface area contributed by atoms with Gasteiger partial charge in [-0.05, 0) is 13.8 Å². The Balaban J connectivity index is 3.25. The Bertz CT molecular complexity index is 167. The lowest BCUT2D eigenvalue weighted by Crippen LogP contribution is -2.31. The maximum atomic E-state index is 9.46. The van der Waals surface area contributed by atoms with Crippen LogP contribution in [0.25, 0.3) is 0 Å². The van der Waals surface area contributed by atoms with E-state index < -0.39 is 6.10 Å². The first-order chi connectivity index (χ1) is 7.16. The van der Waals surface area contributed by atoms with Crippen LogP contribution in [-0.2, 0) is 9.47 Å². The van der Waals surface area contributed by atoms with E-state index in [-0.39, 0.29) is 0 Å². The lowest BCUT2D eigenvalue weighted by atomic mass is 10.3. The number of rotatable bonds is 9. The molecule has 0 aromatic carbocycles. The van der Waals surface area contributed by atoms with Crippen molar-refractivity contribution in [2.45, 2.75) is 20.0 Å². The number of methoxy groups -OCH3 is 1. The molecule has 90 valence electrons. The van der Waals surface area contributed by atoms with Gasteiger partial charge in [-0.3, -0.25) is 0 Å². The van der Waals surface area contributed by atoms with Crippen LogP contribution in [0.3, 0.4) is 0 Å². The third-order valence-corrected chi connectivity index (χ3v) is 1.78. The normalized spacial score (nSPS) is 12.5. The maximum Gasteiger partial charge on any atom is 0.0897 e. The van der Waals surface area contributed by atoms with Crippen molar-refractivity contribution in [3.05, 3.63) is 11.6 Å². The van der Waals surface area contributed by atoms with E-state index in [1.165, 1.54) is 5.57 Å². The molecule has 0 rings (SSSR count). The molecule has 1 atom stereocenters. The van der Waals surface area contributed by atoms with Gasteiger partial charge in [-0.25, -0.2) is 0 Å². The molecule has 0 aliphatic carbocycles. The molecular formula is C11H23NO3. The molecule has 0 fully saturated rings. The zero-order valence-corrected chi connectivity index (χ0v) is 9.95. The predicted molar refractivity (Wildman–Crippen MR) is 61.0 cm³/mol. The third-order valence-electron chi connectivity index (χ3n) is 1.78. The summed E-state index contributed by atoms with van der Waals surface area (Å²) in [5.41, 5.74) is 1.27. The molecule has 0 aliphatic heterocycles. The van der Waals surface area contributed by atoms with Crippen molar-refractivity contribution >= 4 is 0 Å². The molecule has 4 nitrogen and oxygen atoms in total. The van der Waals surface area contributed by atoms with Crippen LogP contribution in [0.5, 0.6) is 0 Å². The molecule has 0 saturated carbocycles. The topological polar surface area (TPSA) is 50.7 Å². The molecule has 0 bridgehead atoms. The van der Waals surface area contributed by atoms with Gasteiger partial charge in [0.15, 0.2) is 0 Å². The van der Waals surface area contributed by atoms with E-state index in [1.54, 1.807) is 7.11 Å². The quantitative estimate of drug-likeness (QED) is 0.438. The highest BCUT2D eigenvalue weighted by Gasteiger charge is 2.02. The average Bonchev–Trinajstić information content (AvgIpc) is 2.19. The van der Waals surface area contributed by atoms with Gasteiger partial charge in [0.2, 0.25) is 0 Å². The first-order valence-corrected chi connectivity index (χ1v) is 5.25. The van der Waals surface area contributed by atoms with Crippen LogP contribution in [0, 0.1) is 0 Å². The number of allylic oxidation sites excluding steroid dienone is 1. The minimum absolute atomic E-state index is 0.352. The van der Waals surface area contributed by atoms with Crippen molar-refractivity contribution in [2.75, 3.05) is 40.0 Å². The highest BCUT2D eigenvalue weighted by atomic mass is 16.5. The van der Waals surface area contributed by atoms with Crippen molar-refractivity contribution in [1.29, 1.82) is 0 Å². The van der Waals surface area contributed by atoms with E-state index in [4.69, 9.17) is 9.47 Å². The van der Waals surface area contributed by atoms with Crippen LogP contribution in [-0.4, -0.2) is 51.2 Å². The average molecular weight is 217 g/mol. The predicted octanol–water partition coefficient (Wildman–Crippen LogP) is 0.566. The van der Waals surface area contributed by atoms with Crippen LogP contribution >= 0.6 is 0 Å². The summed E-state index contributed by atoms with van der Waals surface area (Å²) in [6.07, 6.45) is 1.63. The Morgan fingerprint density at radius 3 is 2.73 bits per heavy atom. The second-order valence-electron chi connectivity index (χ2n) is 3.66. The van der Waals surface area contributed by atoms with Crippen molar-refractivity contribution in [2.24, 2.45) is 0 Å². The van der Waals surface area contributed by atoms with Gasteiger partial charge in [0.05, 0.1) is 25.9 Å². The molecule has 0 aliphatic rings. The smallest absolute Gasteiger partial charge is 0.0897 e. The zero-order valence-electron chi connectivity index (χ0n) is 9.95. The van der Waals surface area contributed by atoms with E-state index in [2.05, 4.69) is 11.4 Å². The SMILES string of the molecule is COCCOCC(O)CNCC=C(C)C. The van der Waals surface area contributed by atoms with Crippen molar-refractivity contribution in [3.8, 4) is 0 Å².